The molecule has 0 bridgehead atoms. The molecule has 0 amide bonds. The molecule has 35 heavy (non-hydrogen) atoms. The summed E-state index contributed by atoms with van der Waals surface area (Å²) in [5.41, 5.74) is 2.45. The van der Waals surface area contributed by atoms with Crippen molar-refractivity contribution in [2.24, 2.45) is 56.7 Å². The number of hydrogen-bond acceptors (Lipinski definition) is 3. The largest absolute Gasteiger partial charge is 0.462 e. The Morgan fingerprint density at radius 3 is 2.20 bits per heavy atom. The van der Waals surface area contributed by atoms with E-state index < -0.39 is 0 Å². The van der Waals surface area contributed by atoms with Crippen molar-refractivity contribution in [1.82, 2.24) is 0 Å². The smallest absolute Gasteiger partial charge is 0.302 e. The molecule has 5 aliphatic carbocycles. The Hall–Kier alpha value is -0.830. The molecule has 3 unspecified atom stereocenters. The van der Waals surface area contributed by atoms with E-state index >= 15 is 0 Å². The van der Waals surface area contributed by atoms with Crippen LogP contribution in [0.3, 0.4) is 0 Å². The maximum atomic E-state index is 11.9. The fourth-order valence-corrected chi connectivity index (χ4v) is 11.9. The first-order valence-corrected chi connectivity index (χ1v) is 14.7. The minimum absolute atomic E-state index is 0.0207. The maximum absolute atomic E-state index is 11.9. The van der Waals surface area contributed by atoms with Gasteiger partial charge in [-0.15, -0.1) is 0 Å². The van der Waals surface area contributed by atoms with Gasteiger partial charge in [0.15, 0.2) is 0 Å². The number of aliphatic hydroxyl groups is 1. The molecule has 0 heterocycles. The normalized spacial score (nSPS) is 52.5. The summed E-state index contributed by atoms with van der Waals surface area (Å²) in [7, 11) is 0. The summed E-state index contributed by atoms with van der Waals surface area (Å²) < 4.78 is 5.90. The molecule has 5 rings (SSSR count). The van der Waals surface area contributed by atoms with E-state index in [0.29, 0.717) is 46.5 Å². The molecule has 5 saturated carbocycles. The Morgan fingerprint density at radius 1 is 0.857 bits per heavy atom. The van der Waals surface area contributed by atoms with Crippen molar-refractivity contribution in [2.75, 3.05) is 6.61 Å². The molecule has 0 aromatic carbocycles. The molecule has 10 atom stereocenters. The van der Waals surface area contributed by atoms with Gasteiger partial charge in [-0.1, -0.05) is 46.8 Å². The van der Waals surface area contributed by atoms with E-state index in [1.807, 2.05) is 0 Å². The quantitative estimate of drug-likeness (QED) is 0.332. The van der Waals surface area contributed by atoms with E-state index in [1.165, 1.54) is 63.4 Å². The Balaban J connectivity index is 1.51. The molecule has 0 aromatic heterocycles. The molecule has 5 aliphatic rings. The SMILES string of the molecule is C=C(C)[C@@H]1CC[C@]2(CO)CC[C@]3(C)C(CCC4[C@@]5(C)CC[C@H](OC(C)=O)C(C)(C)C5CC[C@]43C)[C@@H]12. The van der Waals surface area contributed by atoms with Crippen LogP contribution in [-0.4, -0.2) is 23.8 Å². The molecule has 3 heteroatoms. The standard InChI is InChI=1S/C32H52O3/c1-20(2)22-11-16-32(19-33)18-17-30(7)23(27(22)32)9-10-25-29(6)14-13-26(35-21(3)34)28(4,5)24(29)12-15-31(25,30)8/h22-27,33H,1,9-19H2,2-8H3/t22-,23?,24?,25?,26-,27+,29-,30+,31+,32+/m0/s1. The summed E-state index contributed by atoms with van der Waals surface area (Å²) in [6.45, 7) is 21.3. The van der Waals surface area contributed by atoms with E-state index in [-0.39, 0.29) is 22.9 Å². The number of aliphatic hydroxyl groups excluding tert-OH is 1. The highest BCUT2D eigenvalue weighted by molar-refractivity contribution is 5.66. The Labute approximate surface area is 214 Å². The lowest BCUT2D eigenvalue weighted by Gasteiger charge is -2.73. The third-order valence-corrected chi connectivity index (χ3v) is 13.8. The highest BCUT2D eigenvalue weighted by Crippen LogP contribution is 2.77. The average molecular weight is 485 g/mol. The highest BCUT2D eigenvalue weighted by Gasteiger charge is 2.71. The predicted octanol–water partition coefficient (Wildman–Crippen LogP) is 7.57. The van der Waals surface area contributed by atoms with Gasteiger partial charge in [0, 0.05) is 18.9 Å². The molecule has 3 nitrogen and oxygen atoms in total. The van der Waals surface area contributed by atoms with Crippen molar-refractivity contribution in [1.29, 1.82) is 0 Å². The summed E-state index contributed by atoms with van der Waals surface area (Å²) in [5.74, 6) is 3.07. The van der Waals surface area contributed by atoms with Crippen molar-refractivity contribution in [3.05, 3.63) is 12.2 Å². The van der Waals surface area contributed by atoms with Gasteiger partial charge in [-0.3, -0.25) is 4.79 Å². The van der Waals surface area contributed by atoms with Gasteiger partial charge in [0.05, 0.1) is 0 Å². The van der Waals surface area contributed by atoms with Crippen molar-refractivity contribution in [3.63, 3.8) is 0 Å². The van der Waals surface area contributed by atoms with Crippen LogP contribution in [-0.2, 0) is 9.53 Å². The Bertz CT molecular complexity index is 891. The maximum Gasteiger partial charge on any atom is 0.302 e. The number of carbonyl (C=O) groups is 1. The van der Waals surface area contributed by atoms with Crippen LogP contribution in [0.5, 0.6) is 0 Å². The van der Waals surface area contributed by atoms with Crippen LogP contribution in [0.2, 0.25) is 0 Å². The summed E-state index contributed by atoms with van der Waals surface area (Å²) >= 11 is 0. The summed E-state index contributed by atoms with van der Waals surface area (Å²) in [6, 6.07) is 0. The van der Waals surface area contributed by atoms with Crippen molar-refractivity contribution >= 4 is 5.97 Å². The second kappa shape index (κ2) is 8.08. The molecule has 0 saturated heterocycles. The van der Waals surface area contributed by atoms with Gasteiger partial charge in [0.25, 0.3) is 0 Å². The summed E-state index contributed by atoms with van der Waals surface area (Å²) in [6.07, 6.45) is 12.2. The molecule has 0 aliphatic heterocycles. The molecule has 1 N–H and O–H groups in total. The molecule has 5 fully saturated rings. The van der Waals surface area contributed by atoms with Crippen LogP contribution in [0.25, 0.3) is 0 Å². The first-order chi connectivity index (χ1) is 16.3. The molecular weight excluding hydrogens is 432 g/mol. The van der Waals surface area contributed by atoms with Gasteiger partial charge in [0.1, 0.15) is 6.10 Å². The molecular formula is C32H52O3. The summed E-state index contributed by atoms with van der Waals surface area (Å²) in [4.78, 5) is 11.9. The third kappa shape index (κ3) is 3.28. The van der Waals surface area contributed by atoms with Gasteiger partial charge in [-0.25, -0.2) is 0 Å². The van der Waals surface area contributed by atoms with Crippen LogP contribution >= 0.6 is 0 Å². The zero-order chi connectivity index (χ0) is 25.6. The van der Waals surface area contributed by atoms with E-state index in [9.17, 15) is 9.90 Å². The molecule has 198 valence electrons. The third-order valence-electron chi connectivity index (χ3n) is 13.8. The number of ether oxygens (including phenoxy) is 1. The second-order valence-electron chi connectivity index (χ2n) is 15.2. The molecule has 0 spiro atoms. The lowest BCUT2D eigenvalue weighted by molar-refractivity contribution is -0.251. The minimum Gasteiger partial charge on any atom is -0.462 e. The fraction of sp³-hybridized carbons (Fsp3) is 0.906. The number of hydrogen-bond donors (Lipinski definition) is 1. The zero-order valence-electron chi connectivity index (χ0n) is 23.7. The number of carbonyl (C=O) groups excluding carboxylic acids is 1. The van der Waals surface area contributed by atoms with Crippen LogP contribution < -0.4 is 0 Å². The lowest BCUT2D eigenvalue weighted by Crippen LogP contribution is -2.67. The van der Waals surface area contributed by atoms with Crippen LogP contribution in [0.15, 0.2) is 12.2 Å². The van der Waals surface area contributed by atoms with Gasteiger partial charge in [0.2, 0.25) is 0 Å². The minimum atomic E-state index is -0.126. The number of rotatable bonds is 3. The van der Waals surface area contributed by atoms with Crippen LogP contribution in [0.4, 0.5) is 0 Å². The van der Waals surface area contributed by atoms with E-state index in [1.54, 1.807) is 6.92 Å². The number of esters is 1. The highest BCUT2D eigenvalue weighted by atomic mass is 16.5. The molecule has 0 radical (unpaired) electrons. The number of allylic oxidation sites excluding steroid dienone is 1. The second-order valence-corrected chi connectivity index (χ2v) is 15.2. The van der Waals surface area contributed by atoms with Gasteiger partial charge < -0.3 is 9.84 Å². The topological polar surface area (TPSA) is 46.5 Å². The van der Waals surface area contributed by atoms with Crippen molar-refractivity contribution in [2.45, 2.75) is 119 Å². The van der Waals surface area contributed by atoms with E-state index in [0.717, 1.165) is 12.3 Å². The van der Waals surface area contributed by atoms with Crippen molar-refractivity contribution < 1.29 is 14.6 Å². The van der Waals surface area contributed by atoms with E-state index in [4.69, 9.17) is 4.74 Å². The first kappa shape index (κ1) is 25.8. The Morgan fingerprint density at radius 2 is 1.57 bits per heavy atom. The first-order valence-electron chi connectivity index (χ1n) is 14.7. The van der Waals surface area contributed by atoms with Gasteiger partial charge >= 0.3 is 5.97 Å². The molecule has 0 aromatic rings. The van der Waals surface area contributed by atoms with Crippen LogP contribution in [0.1, 0.15) is 113 Å². The number of fused-ring (bicyclic) bond motifs is 7. The lowest BCUT2D eigenvalue weighted by atomic mass is 9.32. The monoisotopic (exact) mass is 484 g/mol. The predicted molar refractivity (Wildman–Crippen MR) is 142 cm³/mol. The van der Waals surface area contributed by atoms with Gasteiger partial charge in [-0.2, -0.15) is 0 Å². The zero-order valence-corrected chi connectivity index (χ0v) is 23.7. The van der Waals surface area contributed by atoms with Gasteiger partial charge in [-0.05, 0) is 122 Å². The Kier molecular flexibility index (Phi) is 5.96. The van der Waals surface area contributed by atoms with Crippen molar-refractivity contribution in [3.8, 4) is 0 Å². The fourth-order valence-electron chi connectivity index (χ4n) is 11.9. The average Bonchev–Trinajstić information content (AvgIpc) is 3.16. The van der Waals surface area contributed by atoms with E-state index in [2.05, 4.69) is 48.1 Å². The summed E-state index contributed by atoms with van der Waals surface area (Å²) in [5, 5.41) is 10.7. The van der Waals surface area contributed by atoms with Crippen LogP contribution in [0, 0.1) is 56.7 Å².